The minimum atomic E-state index is 0.127. The summed E-state index contributed by atoms with van der Waals surface area (Å²) in [4.78, 5) is 14.9. The van der Waals surface area contributed by atoms with Crippen molar-refractivity contribution >= 4 is 16.8 Å². The van der Waals surface area contributed by atoms with E-state index in [1.165, 1.54) is 0 Å². The monoisotopic (exact) mass is 286 g/mol. The topological polar surface area (TPSA) is 61.0 Å². The van der Waals surface area contributed by atoms with E-state index in [4.69, 9.17) is 0 Å². The second-order valence-electron chi connectivity index (χ2n) is 5.67. The molecule has 112 valence electrons. The number of hydrogen-bond donors (Lipinski definition) is 2. The molecular formula is C16H22N4O. The van der Waals surface area contributed by atoms with E-state index >= 15 is 0 Å². The number of amides is 1. The number of piperidine rings is 1. The molecule has 1 aromatic carbocycles. The van der Waals surface area contributed by atoms with E-state index in [2.05, 4.69) is 22.4 Å². The highest BCUT2D eigenvalue weighted by atomic mass is 16.2. The average molecular weight is 286 g/mol. The molecule has 0 radical (unpaired) electrons. The molecule has 2 aromatic rings. The minimum Gasteiger partial charge on any atom is -0.334 e. The van der Waals surface area contributed by atoms with E-state index in [-0.39, 0.29) is 5.91 Å². The van der Waals surface area contributed by atoms with Gasteiger partial charge in [-0.1, -0.05) is 13.0 Å². The van der Waals surface area contributed by atoms with Crippen LogP contribution >= 0.6 is 0 Å². The van der Waals surface area contributed by atoms with Crippen LogP contribution in [-0.4, -0.2) is 46.7 Å². The third-order valence-corrected chi connectivity index (χ3v) is 4.13. The fraction of sp³-hybridized carbons (Fsp3) is 0.500. The quantitative estimate of drug-likeness (QED) is 0.905. The molecule has 1 saturated heterocycles. The number of fused-ring (bicyclic) bond motifs is 1. The lowest BCUT2D eigenvalue weighted by atomic mass is 10.0. The Balaban J connectivity index is 1.84. The number of benzene rings is 1. The number of nitrogens with one attached hydrogen (secondary N) is 2. The second-order valence-corrected chi connectivity index (χ2v) is 5.67. The van der Waals surface area contributed by atoms with Gasteiger partial charge in [-0.05, 0) is 37.9 Å². The molecule has 5 nitrogen and oxygen atoms in total. The van der Waals surface area contributed by atoms with Crippen LogP contribution in [0, 0.1) is 0 Å². The molecule has 1 unspecified atom stereocenters. The maximum atomic E-state index is 12.9. The summed E-state index contributed by atoms with van der Waals surface area (Å²) < 4.78 is 0. The van der Waals surface area contributed by atoms with Gasteiger partial charge in [0.1, 0.15) is 0 Å². The largest absolute Gasteiger partial charge is 0.334 e. The summed E-state index contributed by atoms with van der Waals surface area (Å²) in [5, 5.41) is 11.4. The van der Waals surface area contributed by atoms with Gasteiger partial charge < -0.3 is 10.2 Å². The summed E-state index contributed by atoms with van der Waals surface area (Å²) in [7, 11) is 0. The molecule has 1 fully saturated rings. The minimum absolute atomic E-state index is 0.127. The summed E-state index contributed by atoms with van der Waals surface area (Å²) in [5.74, 6) is 0.127. The van der Waals surface area contributed by atoms with E-state index in [9.17, 15) is 4.79 Å². The van der Waals surface area contributed by atoms with Crippen molar-refractivity contribution in [3.8, 4) is 0 Å². The molecule has 3 rings (SSSR count). The SMILES string of the molecule is CCCN(C(=O)c1ccc2cn[nH]c2c1)C1CCCNC1. The number of rotatable bonds is 4. The van der Waals surface area contributed by atoms with Gasteiger partial charge in [0, 0.05) is 30.1 Å². The molecule has 1 aliphatic rings. The first-order valence-corrected chi connectivity index (χ1v) is 7.74. The smallest absolute Gasteiger partial charge is 0.254 e. The van der Waals surface area contributed by atoms with Gasteiger partial charge in [0.2, 0.25) is 0 Å². The highest BCUT2D eigenvalue weighted by Gasteiger charge is 2.25. The molecule has 1 amide bonds. The zero-order valence-corrected chi connectivity index (χ0v) is 12.4. The summed E-state index contributed by atoms with van der Waals surface area (Å²) in [5.41, 5.74) is 1.66. The Bertz CT molecular complexity index is 616. The van der Waals surface area contributed by atoms with E-state index in [1.807, 2.05) is 23.1 Å². The van der Waals surface area contributed by atoms with Gasteiger partial charge >= 0.3 is 0 Å². The van der Waals surface area contributed by atoms with Gasteiger partial charge in [-0.15, -0.1) is 0 Å². The Hall–Kier alpha value is -1.88. The van der Waals surface area contributed by atoms with Crippen LogP contribution < -0.4 is 5.32 Å². The Morgan fingerprint density at radius 1 is 1.48 bits per heavy atom. The van der Waals surface area contributed by atoms with Crippen molar-refractivity contribution < 1.29 is 4.79 Å². The van der Waals surface area contributed by atoms with Crippen molar-refractivity contribution in [1.82, 2.24) is 20.4 Å². The number of aromatic nitrogens is 2. The van der Waals surface area contributed by atoms with Gasteiger partial charge in [0.25, 0.3) is 5.91 Å². The molecule has 0 aliphatic carbocycles. The standard InChI is InChI=1S/C16H22N4O/c1-2-8-20(14-4-3-7-17-11-14)16(21)12-5-6-13-10-18-19-15(13)9-12/h5-6,9-10,14,17H,2-4,7-8,11H2,1H3,(H,18,19). The molecular weight excluding hydrogens is 264 g/mol. The van der Waals surface area contributed by atoms with E-state index in [1.54, 1.807) is 6.20 Å². The average Bonchev–Trinajstić information content (AvgIpc) is 3.00. The molecule has 1 aliphatic heterocycles. The molecule has 2 heterocycles. The lowest BCUT2D eigenvalue weighted by Gasteiger charge is -2.34. The van der Waals surface area contributed by atoms with E-state index in [0.717, 1.165) is 55.4 Å². The van der Waals surface area contributed by atoms with Crippen molar-refractivity contribution in [2.45, 2.75) is 32.2 Å². The number of carbonyl (C=O) groups excluding carboxylic acids is 1. The number of aromatic amines is 1. The van der Waals surface area contributed by atoms with Gasteiger partial charge in [0.05, 0.1) is 11.7 Å². The normalized spacial score (nSPS) is 18.8. The van der Waals surface area contributed by atoms with Crippen LogP contribution in [0.1, 0.15) is 36.5 Å². The van der Waals surface area contributed by atoms with Crippen LogP contribution in [0.5, 0.6) is 0 Å². The van der Waals surface area contributed by atoms with Crippen LogP contribution in [0.2, 0.25) is 0 Å². The molecule has 1 atom stereocenters. The predicted molar refractivity (Wildman–Crippen MR) is 83.3 cm³/mol. The molecule has 21 heavy (non-hydrogen) atoms. The maximum Gasteiger partial charge on any atom is 0.254 e. The highest BCUT2D eigenvalue weighted by molar-refractivity contribution is 5.97. The Labute approximate surface area is 124 Å². The van der Waals surface area contributed by atoms with E-state index in [0.29, 0.717) is 6.04 Å². The van der Waals surface area contributed by atoms with Crippen molar-refractivity contribution in [1.29, 1.82) is 0 Å². The maximum absolute atomic E-state index is 12.9. The molecule has 0 saturated carbocycles. The third kappa shape index (κ3) is 2.93. The first-order valence-electron chi connectivity index (χ1n) is 7.74. The summed E-state index contributed by atoms with van der Waals surface area (Å²) >= 11 is 0. The number of nitrogens with zero attached hydrogens (tertiary/aromatic N) is 2. The predicted octanol–water partition coefficient (Wildman–Crippen LogP) is 2.17. The fourth-order valence-electron chi connectivity index (χ4n) is 3.03. The molecule has 2 N–H and O–H groups in total. The van der Waals surface area contributed by atoms with Crippen LogP contribution in [-0.2, 0) is 0 Å². The number of carbonyl (C=O) groups is 1. The number of hydrogen-bond acceptors (Lipinski definition) is 3. The molecule has 1 aromatic heterocycles. The molecule has 0 spiro atoms. The van der Waals surface area contributed by atoms with Crippen LogP contribution in [0.25, 0.3) is 10.9 Å². The van der Waals surface area contributed by atoms with Crippen molar-refractivity contribution in [3.05, 3.63) is 30.0 Å². The Kier molecular flexibility index (Phi) is 4.20. The van der Waals surface area contributed by atoms with Gasteiger partial charge in [-0.25, -0.2) is 0 Å². The first kappa shape index (κ1) is 14.1. The van der Waals surface area contributed by atoms with Crippen LogP contribution in [0.4, 0.5) is 0 Å². The molecule has 0 bridgehead atoms. The summed E-state index contributed by atoms with van der Waals surface area (Å²) in [6.45, 7) is 4.89. The van der Waals surface area contributed by atoms with Crippen molar-refractivity contribution in [3.63, 3.8) is 0 Å². The lowest BCUT2D eigenvalue weighted by Crippen LogP contribution is -2.49. The first-order chi connectivity index (χ1) is 10.3. The molecule has 5 heteroatoms. The van der Waals surface area contributed by atoms with Crippen LogP contribution in [0.15, 0.2) is 24.4 Å². The number of H-pyrrole nitrogens is 1. The van der Waals surface area contributed by atoms with E-state index < -0.39 is 0 Å². The van der Waals surface area contributed by atoms with Gasteiger partial charge in [0.15, 0.2) is 0 Å². The lowest BCUT2D eigenvalue weighted by molar-refractivity contribution is 0.0649. The van der Waals surface area contributed by atoms with Gasteiger partial charge in [-0.3, -0.25) is 9.89 Å². The summed E-state index contributed by atoms with van der Waals surface area (Å²) in [6, 6.07) is 6.07. The Morgan fingerprint density at radius 3 is 3.14 bits per heavy atom. The van der Waals surface area contributed by atoms with Crippen LogP contribution in [0.3, 0.4) is 0 Å². The summed E-state index contributed by atoms with van der Waals surface area (Å²) in [6.07, 6.45) is 4.98. The second kappa shape index (κ2) is 6.26. The third-order valence-electron chi connectivity index (χ3n) is 4.13. The zero-order valence-electron chi connectivity index (χ0n) is 12.4. The van der Waals surface area contributed by atoms with Gasteiger partial charge in [-0.2, -0.15) is 5.10 Å². The highest BCUT2D eigenvalue weighted by Crippen LogP contribution is 2.18. The van der Waals surface area contributed by atoms with Crippen molar-refractivity contribution in [2.75, 3.05) is 19.6 Å². The fourth-order valence-corrected chi connectivity index (χ4v) is 3.03. The van der Waals surface area contributed by atoms with Crippen molar-refractivity contribution in [2.24, 2.45) is 0 Å². The zero-order chi connectivity index (χ0) is 14.7. The Morgan fingerprint density at radius 2 is 2.38 bits per heavy atom.